The molecular weight excluding hydrogens is 307 g/mol. The molecule has 2 aliphatic rings. The summed E-state index contributed by atoms with van der Waals surface area (Å²) in [5.74, 6) is 0.216. The maximum Gasteiger partial charge on any atom is 0.243 e. The Hall–Kier alpha value is -0.770. The van der Waals surface area contributed by atoms with E-state index in [0.717, 1.165) is 44.3 Å². The first-order valence-electron chi connectivity index (χ1n) is 7.52. The zero-order chi connectivity index (χ0) is 15.0. The van der Waals surface area contributed by atoms with Crippen molar-refractivity contribution in [3.8, 4) is 0 Å². The third kappa shape index (κ3) is 2.79. The molecule has 1 amide bonds. The molecule has 0 radical (unpaired) electrons. The van der Waals surface area contributed by atoms with Crippen molar-refractivity contribution in [2.45, 2.75) is 44.2 Å². The number of halogens is 2. The number of hydrogen-bond acceptors (Lipinski definition) is 2. The molecule has 3 nitrogen and oxygen atoms in total. The van der Waals surface area contributed by atoms with Crippen LogP contribution in [0.4, 0.5) is 0 Å². The van der Waals surface area contributed by atoms with E-state index in [4.69, 9.17) is 23.2 Å². The predicted octanol–water partition coefficient (Wildman–Crippen LogP) is 3.80. The van der Waals surface area contributed by atoms with E-state index in [9.17, 15) is 4.79 Å². The molecule has 2 atom stereocenters. The molecule has 0 saturated carbocycles. The summed E-state index contributed by atoms with van der Waals surface area (Å²) in [4.78, 5) is 14.9. The molecule has 5 heteroatoms. The predicted molar refractivity (Wildman–Crippen MR) is 85.8 cm³/mol. The van der Waals surface area contributed by atoms with Crippen molar-refractivity contribution in [2.24, 2.45) is 0 Å². The molecule has 2 unspecified atom stereocenters. The summed E-state index contributed by atoms with van der Waals surface area (Å²) < 4.78 is 0. The van der Waals surface area contributed by atoms with Crippen LogP contribution in [-0.4, -0.2) is 29.4 Å². The molecule has 0 bridgehead atoms. The lowest BCUT2D eigenvalue weighted by atomic mass is 9.96. The molecule has 2 heterocycles. The number of amides is 1. The minimum atomic E-state index is -0.404. The first-order chi connectivity index (χ1) is 10.0. The molecule has 21 heavy (non-hydrogen) atoms. The van der Waals surface area contributed by atoms with E-state index in [0.29, 0.717) is 10.0 Å². The van der Waals surface area contributed by atoms with Crippen molar-refractivity contribution in [1.29, 1.82) is 0 Å². The average Bonchev–Trinajstić information content (AvgIpc) is 3.10. The van der Waals surface area contributed by atoms with Gasteiger partial charge in [0.05, 0.1) is 21.6 Å². The molecule has 0 aromatic heterocycles. The van der Waals surface area contributed by atoms with E-state index in [-0.39, 0.29) is 11.9 Å². The number of hydrogen-bond donors (Lipinski definition) is 1. The third-order valence-electron chi connectivity index (χ3n) is 4.68. The Labute approximate surface area is 135 Å². The zero-order valence-electron chi connectivity index (χ0n) is 12.2. The van der Waals surface area contributed by atoms with Crippen LogP contribution in [-0.2, 0) is 4.79 Å². The van der Waals surface area contributed by atoms with E-state index in [1.165, 1.54) is 0 Å². The van der Waals surface area contributed by atoms with Crippen LogP contribution in [0.3, 0.4) is 0 Å². The summed E-state index contributed by atoms with van der Waals surface area (Å²) in [6.07, 6.45) is 4.00. The second kappa shape index (κ2) is 5.79. The SMILES string of the molecule is CC1(C(=O)N2CCCC2c2ccc(Cl)c(Cl)c2)CCCN1. The number of likely N-dealkylation sites (tertiary alicyclic amines) is 1. The van der Waals surface area contributed by atoms with Crippen LogP contribution in [0.2, 0.25) is 10.0 Å². The summed E-state index contributed by atoms with van der Waals surface area (Å²) in [6, 6.07) is 5.81. The maximum atomic E-state index is 12.9. The van der Waals surface area contributed by atoms with Gasteiger partial charge in [0.25, 0.3) is 0 Å². The fourth-order valence-corrected chi connectivity index (χ4v) is 3.78. The lowest BCUT2D eigenvalue weighted by Crippen LogP contribution is -2.52. The van der Waals surface area contributed by atoms with Gasteiger partial charge in [0.15, 0.2) is 0 Å². The molecule has 1 aromatic carbocycles. The summed E-state index contributed by atoms with van der Waals surface area (Å²) in [5, 5.41) is 4.47. The number of nitrogens with one attached hydrogen (secondary N) is 1. The van der Waals surface area contributed by atoms with Crippen molar-refractivity contribution in [2.75, 3.05) is 13.1 Å². The van der Waals surface area contributed by atoms with Crippen molar-refractivity contribution in [3.05, 3.63) is 33.8 Å². The monoisotopic (exact) mass is 326 g/mol. The third-order valence-corrected chi connectivity index (χ3v) is 5.42. The topological polar surface area (TPSA) is 32.3 Å². The summed E-state index contributed by atoms with van der Waals surface area (Å²) >= 11 is 12.1. The number of carbonyl (C=O) groups excluding carboxylic acids is 1. The van der Waals surface area contributed by atoms with Gasteiger partial charge in [-0.2, -0.15) is 0 Å². The van der Waals surface area contributed by atoms with Gasteiger partial charge in [-0.15, -0.1) is 0 Å². The minimum absolute atomic E-state index is 0.117. The van der Waals surface area contributed by atoms with Gasteiger partial charge in [0.2, 0.25) is 5.91 Å². The normalized spacial score (nSPS) is 29.1. The first kappa shape index (κ1) is 15.1. The van der Waals surface area contributed by atoms with Gasteiger partial charge < -0.3 is 10.2 Å². The van der Waals surface area contributed by atoms with Gasteiger partial charge in [0, 0.05) is 6.54 Å². The number of benzene rings is 1. The minimum Gasteiger partial charge on any atom is -0.334 e. The number of rotatable bonds is 2. The summed E-state index contributed by atoms with van der Waals surface area (Å²) in [5.41, 5.74) is 0.676. The Kier molecular flexibility index (Phi) is 4.17. The van der Waals surface area contributed by atoms with Crippen LogP contribution in [0.15, 0.2) is 18.2 Å². The van der Waals surface area contributed by atoms with Gasteiger partial charge in [-0.05, 0) is 56.8 Å². The highest BCUT2D eigenvalue weighted by atomic mass is 35.5. The Morgan fingerprint density at radius 3 is 2.81 bits per heavy atom. The highest BCUT2D eigenvalue weighted by Gasteiger charge is 2.42. The van der Waals surface area contributed by atoms with Crippen LogP contribution >= 0.6 is 23.2 Å². The van der Waals surface area contributed by atoms with Crippen molar-refractivity contribution < 1.29 is 4.79 Å². The fourth-order valence-electron chi connectivity index (χ4n) is 3.47. The first-order valence-corrected chi connectivity index (χ1v) is 8.28. The lowest BCUT2D eigenvalue weighted by Gasteiger charge is -2.33. The lowest BCUT2D eigenvalue weighted by molar-refractivity contribution is -0.138. The van der Waals surface area contributed by atoms with Gasteiger partial charge >= 0.3 is 0 Å². The molecule has 1 N–H and O–H groups in total. The highest BCUT2D eigenvalue weighted by molar-refractivity contribution is 6.42. The Morgan fingerprint density at radius 1 is 1.33 bits per heavy atom. The van der Waals surface area contributed by atoms with Gasteiger partial charge in [-0.25, -0.2) is 0 Å². The van der Waals surface area contributed by atoms with Crippen LogP contribution < -0.4 is 5.32 Å². The Morgan fingerprint density at radius 2 is 2.14 bits per heavy atom. The van der Waals surface area contributed by atoms with Crippen molar-refractivity contribution in [3.63, 3.8) is 0 Å². The van der Waals surface area contributed by atoms with Gasteiger partial charge in [-0.3, -0.25) is 4.79 Å². The largest absolute Gasteiger partial charge is 0.334 e. The second-order valence-corrected chi connectivity index (χ2v) is 7.01. The fraction of sp³-hybridized carbons (Fsp3) is 0.562. The molecule has 2 aliphatic heterocycles. The van der Waals surface area contributed by atoms with Gasteiger partial charge in [0.1, 0.15) is 0 Å². The molecule has 3 rings (SSSR count). The van der Waals surface area contributed by atoms with Crippen LogP contribution in [0.25, 0.3) is 0 Å². The van der Waals surface area contributed by atoms with Gasteiger partial charge in [-0.1, -0.05) is 29.3 Å². The summed E-state index contributed by atoms with van der Waals surface area (Å²) in [7, 11) is 0. The smallest absolute Gasteiger partial charge is 0.243 e. The van der Waals surface area contributed by atoms with Crippen LogP contribution in [0.1, 0.15) is 44.2 Å². The van der Waals surface area contributed by atoms with E-state index in [2.05, 4.69) is 5.32 Å². The van der Waals surface area contributed by atoms with E-state index in [1.54, 1.807) is 0 Å². The Bertz CT molecular complexity index is 555. The molecule has 2 saturated heterocycles. The maximum absolute atomic E-state index is 12.9. The summed E-state index contributed by atoms with van der Waals surface area (Å²) in [6.45, 7) is 3.76. The standard InChI is InChI=1S/C16H20Cl2N2O/c1-16(7-3-8-19-16)15(21)20-9-2-4-14(20)11-5-6-12(17)13(18)10-11/h5-6,10,14,19H,2-4,7-9H2,1H3. The molecule has 0 aliphatic carbocycles. The molecule has 0 spiro atoms. The quantitative estimate of drug-likeness (QED) is 0.896. The van der Waals surface area contributed by atoms with Crippen molar-refractivity contribution in [1.82, 2.24) is 10.2 Å². The number of nitrogens with zero attached hydrogens (tertiary/aromatic N) is 1. The molecule has 2 fully saturated rings. The number of carbonyl (C=O) groups is 1. The van der Waals surface area contributed by atoms with E-state index < -0.39 is 5.54 Å². The molecular formula is C16H20Cl2N2O. The second-order valence-electron chi connectivity index (χ2n) is 6.19. The molecule has 114 valence electrons. The average molecular weight is 327 g/mol. The highest BCUT2D eigenvalue weighted by Crippen LogP contribution is 2.37. The van der Waals surface area contributed by atoms with Crippen LogP contribution in [0, 0.1) is 0 Å². The van der Waals surface area contributed by atoms with E-state index in [1.807, 2.05) is 30.0 Å². The molecule has 1 aromatic rings. The van der Waals surface area contributed by atoms with E-state index >= 15 is 0 Å². The zero-order valence-corrected chi connectivity index (χ0v) is 13.7. The Balaban J connectivity index is 1.85. The van der Waals surface area contributed by atoms with Crippen LogP contribution in [0.5, 0.6) is 0 Å². The van der Waals surface area contributed by atoms with Crippen molar-refractivity contribution >= 4 is 29.1 Å².